The SMILES string of the molecule is CCCCNc1ccc(C(=O)Nc2ccccc2Oc2ccccc2)nn1. The number of anilines is 2. The number of aromatic nitrogens is 2. The van der Waals surface area contributed by atoms with Crippen LogP contribution in [-0.2, 0) is 0 Å². The summed E-state index contributed by atoms with van der Waals surface area (Å²) in [6.07, 6.45) is 2.16. The molecule has 3 aromatic rings. The summed E-state index contributed by atoms with van der Waals surface area (Å²) >= 11 is 0. The lowest BCUT2D eigenvalue weighted by Gasteiger charge is -2.12. The van der Waals surface area contributed by atoms with Crippen molar-refractivity contribution in [2.75, 3.05) is 17.2 Å². The van der Waals surface area contributed by atoms with Crippen LogP contribution >= 0.6 is 0 Å². The van der Waals surface area contributed by atoms with Crippen molar-refractivity contribution in [2.24, 2.45) is 0 Å². The summed E-state index contributed by atoms with van der Waals surface area (Å²) in [6, 6.07) is 20.1. The smallest absolute Gasteiger partial charge is 0.276 e. The first kappa shape index (κ1) is 18.4. The topological polar surface area (TPSA) is 76.1 Å². The van der Waals surface area contributed by atoms with Crippen LogP contribution in [0.25, 0.3) is 0 Å². The van der Waals surface area contributed by atoms with Crippen LogP contribution in [-0.4, -0.2) is 22.6 Å². The molecule has 0 radical (unpaired) electrons. The summed E-state index contributed by atoms with van der Waals surface area (Å²) in [5.74, 6) is 1.57. The van der Waals surface area contributed by atoms with E-state index in [-0.39, 0.29) is 11.6 Å². The van der Waals surface area contributed by atoms with E-state index in [1.807, 2.05) is 42.5 Å². The first-order chi connectivity index (χ1) is 13.3. The summed E-state index contributed by atoms with van der Waals surface area (Å²) in [5.41, 5.74) is 0.809. The summed E-state index contributed by atoms with van der Waals surface area (Å²) in [4.78, 5) is 12.5. The Bertz CT molecular complexity index is 867. The van der Waals surface area contributed by atoms with E-state index >= 15 is 0 Å². The van der Waals surface area contributed by atoms with Gasteiger partial charge in [0.25, 0.3) is 5.91 Å². The standard InChI is InChI=1S/C21H22N4O2/c1-2-3-15-22-20-14-13-18(24-25-20)21(26)23-17-11-7-8-12-19(17)27-16-9-5-4-6-10-16/h4-14H,2-3,15H2,1H3,(H,22,25)(H,23,26). The van der Waals surface area contributed by atoms with Gasteiger partial charge in [-0.15, -0.1) is 10.2 Å². The molecule has 0 aliphatic rings. The number of para-hydroxylation sites is 3. The third-order valence-corrected chi connectivity index (χ3v) is 3.84. The molecular formula is C21H22N4O2. The van der Waals surface area contributed by atoms with Crippen LogP contribution in [0.1, 0.15) is 30.3 Å². The Morgan fingerprint density at radius 2 is 1.74 bits per heavy atom. The maximum absolute atomic E-state index is 12.5. The van der Waals surface area contributed by atoms with Gasteiger partial charge in [-0.05, 0) is 42.8 Å². The molecule has 138 valence electrons. The summed E-state index contributed by atoms with van der Waals surface area (Å²) in [5, 5.41) is 14.1. The zero-order chi connectivity index (χ0) is 18.9. The molecule has 0 aliphatic heterocycles. The van der Waals surface area contributed by atoms with Crippen LogP contribution < -0.4 is 15.4 Å². The van der Waals surface area contributed by atoms with Crippen LogP contribution in [0.3, 0.4) is 0 Å². The molecule has 1 amide bonds. The molecule has 0 spiro atoms. The van der Waals surface area contributed by atoms with Gasteiger partial charge in [-0.25, -0.2) is 0 Å². The van der Waals surface area contributed by atoms with E-state index in [1.165, 1.54) is 0 Å². The Morgan fingerprint density at radius 3 is 2.48 bits per heavy atom. The number of rotatable bonds is 8. The van der Waals surface area contributed by atoms with E-state index in [0.717, 1.165) is 19.4 Å². The predicted octanol–water partition coefficient (Wildman–Crippen LogP) is 4.73. The summed E-state index contributed by atoms with van der Waals surface area (Å²) in [7, 11) is 0. The number of ether oxygens (including phenoxy) is 1. The molecule has 1 aromatic heterocycles. The lowest BCUT2D eigenvalue weighted by Crippen LogP contribution is -2.15. The van der Waals surface area contributed by atoms with Gasteiger partial charge in [0.15, 0.2) is 11.4 Å². The van der Waals surface area contributed by atoms with Gasteiger partial charge in [0, 0.05) is 6.54 Å². The molecule has 1 heterocycles. The Labute approximate surface area is 158 Å². The van der Waals surface area contributed by atoms with Crippen LogP contribution in [0.2, 0.25) is 0 Å². The lowest BCUT2D eigenvalue weighted by molar-refractivity contribution is 0.102. The predicted molar refractivity (Wildman–Crippen MR) is 106 cm³/mol. The van der Waals surface area contributed by atoms with E-state index in [2.05, 4.69) is 27.8 Å². The molecule has 0 aliphatic carbocycles. The minimum atomic E-state index is -0.341. The fourth-order valence-electron chi connectivity index (χ4n) is 2.40. The molecule has 0 saturated carbocycles. The van der Waals surface area contributed by atoms with Crippen LogP contribution in [0.5, 0.6) is 11.5 Å². The molecule has 0 saturated heterocycles. The van der Waals surface area contributed by atoms with E-state index in [4.69, 9.17) is 4.74 Å². The number of hydrogen-bond donors (Lipinski definition) is 2. The molecule has 6 heteroatoms. The highest BCUT2D eigenvalue weighted by Crippen LogP contribution is 2.29. The van der Waals surface area contributed by atoms with Crippen molar-refractivity contribution in [1.82, 2.24) is 10.2 Å². The number of nitrogens with zero attached hydrogens (tertiary/aromatic N) is 2. The number of amides is 1. The number of unbranched alkanes of at least 4 members (excludes halogenated alkanes) is 1. The lowest BCUT2D eigenvalue weighted by atomic mass is 10.2. The van der Waals surface area contributed by atoms with Crippen molar-refractivity contribution in [3.05, 3.63) is 72.4 Å². The highest BCUT2D eigenvalue weighted by molar-refractivity contribution is 6.03. The van der Waals surface area contributed by atoms with Crippen molar-refractivity contribution in [2.45, 2.75) is 19.8 Å². The second-order valence-corrected chi connectivity index (χ2v) is 5.95. The molecule has 6 nitrogen and oxygen atoms in total. The molecule has 3 rings (SSSR count). The number of carbonyl (C=O) groups excluding carboxylic acids is 1. The number of benzene rings is 2. The van der Waals surface area contributed by atoms with Gasteiger partial charge in [0.1, 0.15) is 11.6 Å². The maximum Gasteiger partial charge on any atom is 0.276 e. The third-order valence-electron chi connectivity index (χ3n) is 3.84. The monoisotopic (exact) mass is 362 g/mol. The zero-order valence-corrected chi connectivity index (χ0v) is 15.2. The minimum absolute atomic E-state index is 0.241. The highest BCUT2D eigenvalue weighted by Gasteiger charge is 2.12. The fraction of sp³-hybridized carbons (Fsp3) is 0.190. The van der Waals surface area contributed by atoms with Gasteiger partial charge in [-0.1, -0.05) is 43.7 Å². The molecule has 2 aromatic carbocycles. The molecule has 0 unspecified atom stereocenters. The van der Waals surface area contributed by atoms with E-state index in [9.17, 15) is 4.79 Å². The Hall–Kier alpha value is -3.41. The van der Waals surface area contributed by atoms with Crippen molar-refractivity contribution >= 4 is 17.4 Å². The van der Waals surface area contributed by atoms with Gasteiger partial charge < -0.3 is 15.4 Å². The number of nitrogens with one attached hydrogen (secondary N) is 2. The van der Waals surface area contributed by atoms with Gasteiger partial charge >= 0.3 is 0 Å². The van der Waals surface area contributed by atoms with Gasteiger partial charge in [-0.2, -0.15) is 0 Å². The Kier molecular flexibility index (Phi) is 6.35. The molecule has 2 N–H and O–H groups in total. The number of carbonyl (C=O) groups is 1. The average molecular weight is 362 g/mol. The molecule has 27 heavy (non-hydrogen) atoms. The van der Waals surface area contributed by atoms with Crippen molar-refractivity contribution in [3.63, 3.8) is 0 Å². The van der Waals surface area contributed by atoms with E-state index in [0.29, 0.717) is 23.0 Å². The molecule has 0 atom stereocenters. The Morgan fingerprint density at radius 1 is 0.963 bits per heavy atom. The largest absolute Gasteiger partial charge is 0.455 e. The minimum Gasteiger partial charge on any atom is -0.455 e. The van der Waals surface area contributed by atoms with Gasteiger partial charge in [0.2, 0.25) is 0 Å². The second-order valence-electron chi connectivity index (χ2n) is 5.95. The summed E-state index contributed by atoms with van der Waals surface area (Å²) < 4.78 is 5.86. The van der Waals surface area contributed by atoms with E-state index < -0.39 is 0 Å². The van der Waals surface area contributed by atoms with Crippen LogP contribution in [0.15, 0.2) is 66.7 Å². The maximum atomic E-state index is 12.5. The van der Waals surface area contributed by atoms with Crippen molar-refractivity contribution in [3.8, 4) is 11.5 Å². The van der Waals surface area contributed by atoms with Crippen molar-refractivity contribution < 1.29 is 9.53 Å². The quantitative estimate of drug-likeness (QED) is 0.566. The normalized spacial score (nSPS) is 10.3. The number of hydrogen-bond acceptors (Lipinski definition) is 5. The molecule has 0 bridgehead atoms. The first-order valence-electron chi connectivity index (χ1n) is 8.97. The zero-order valence-electron chi connectivity index (χ0n) is 15.2. The van der Waals surface area contributed by atoms with Gasteiger partial charge in [-0.3, -0.25) is 4.79 Å². The summed E-state index contributed by atoms with van der Waals surface area (Å²) in [6.45, 7) is 2.96. The average Bonchev–Trinajstić information content (AvgIpc) is 2.71. The molecular weight excluding hydrogens is 340 g/mol. The highest BCUT2D eigenvalue weighted by atomic mass is 16.5. The molecule has 0 fully saturated rings. The van der Waals surface area contributed by atoms with Crippen LogP contribution in [0, 0.1) is 0 Å². The van der Waals surface area contributed by atoms with Crippen molar-refractivity contribution in [1.29, 1.82) is 0 Å². The van der Waals surface area contributed by atoms with Gasteiger partial charge in [0.05, 0.1) is 5.69 Å². The Balaban J connectivity index is 1.67. The first-order valence-corrected chi connectivity index (χ1v) is 8.97. The fourth-order valence-corrected chi connectivity index (χ4v) is 2.40. The van der Waals surface area contributed by atoms with E-state index in [1.54, 1.807) is 24.3 Å². The second kappa shape index (κ2) is 9.33. The third kappa shape index (κ3) is 5.28. The van der Waals surface area contributed by atoms with Crippen LogP contribution in [0.4, 0.5) is 11.5 Å².